The zero-order valence-corrected chi connectivity index (χ0v) is 14.9. The molecule has 2 aliphatic rings. The third-order valence-electron chi connectivity index (χ3n) is 4.59. The fourth-order valence-corrected chi connectivity index (χ4v) is 3.28. The monoisotopic (exact) mass is 387 g/mol. The van der Waals surface area contributed by atoms with Crippen LogP contribution in [0.1, 0.15) is 11.5 Å². The van der Waals surface area contributed by atoms with Gasteiger partial charge in [0.15, 0.2) is 0 Å². The van der Waals surface area contributed by atoms with Gasteiger partial charge in [-0.05, 0) is 17.7 Å². The number of benzene rings is 1. The molecular weight excluding hydrogens is 370 g/mol. The van der Waals surface area contributed by atoms with E-state index in [4.69, 9.17) is 0 Å². The Labute approximate surface area is 158 Å². The lowest BCUT2D eigenvalue weighted by atomic mass is 9.74. The number of urea groups is 2. The standard InChI is InChI=1S/C17H17N5O6/c1-22(2)8-5-3-7(4-6-8)9(10-12(23)18-16(27)19-13(10)24)11-14(25)20-17(28)21-15(11)26/h3-6,9-11H,1-2H3,(H2,18,19,23,24,27)(H2,20,21,25,26,28). The molecule has 0 unspecified atom stereocenters. The van der Waals surface area contributed by atoms with E-state index < -0.39 is 53.4 Å². The predicted octanol–water partition coefficient (Wildman–Crippen LogP) is -1.20. The minimum atomic E-state index is -1.53. The molecule has 0 bridgehead atoms. The van der Waals surface area contributed by atoms with E-state index in [0.717, 1.165) is 5.69 Å². The average molecular weight is 387 g/mol. The van der Waals surface area contributed by atoms with Gasteiger partial charge in [-0.25, -0.2) is 9.59 Å². The third-order valence-corrected chi connectivity index (χ3v) is 4.59. The summed E-state index contributed by atoms with van der Waals surface area (Å²) in [6.07, 6.45) is 0. The van der Waals surface area contributed by atoms with Crippen molar-refractivity contribution < 1.29 is 28.8 Å². The number of nitrogens with one attached hydrogen (secondary N) is 4. The lowest BCUT2D eigenvalue weighted by Crippen LogP contribution is -2.62. The van der Waals surface area contributed by atoms with Gasteiger partial charge in [-0.15, -0.1) is 0 Å². The van der Waals surface area contributed by atoms with Crippen molar-refractivity contribution in [3.8, 4) is 0 Å². The first kappa shape index (κ1) is 19.0. The van der Waals surface area contributed by atoms with Crippen LogP contribution in [0.3, 0.4) is 0 Å². The Morgan fingerprint density at radius 2 is 1.04 bits per heavy atom. The number of rotatable bonds is 4. The Morgan fingerprint density at radius 1 is 0.679 bits per heavy atom. The molecule has 2 saturated heterocycles. The van der Waals surface area contributed by atoms with Crippen LogP contribution in [-0.4, -0.2) is 49.8 Å². The van der Waals surface area contributed by atoms with Crippen LogP contribution >= 0.6 is 0 Å². The van der Waals surface area contributed by atoms with Crippen LogP contribution in [0, 0.1) is 11.8 Å². The van der Waals surface area contributed by atoms with Gasteiger partial charge in [-0.3, -0.25) is 40.4 Å². The largest absolute Gasteiger partial charge is 0.378 e. The zero-order chi connectivity index (χ0) is 20.6. The van der Waals surface area contributed by atoms with Gasteiger partial charge in [0, 0.05) is 25.7 Å². The number of hydrogen-bond donors (Lipinski definition) is 4. The first-order valence-electron chi connectivity index (χ1n) is 8.27. The second kappa shape index (κ2) is 7.10. The van der Waals surface area contributed by atoms with E-state index in [9.17, 15) is 28.8 Å². The molecule has 1 aromatic rings. The van der Waals surface area contributed by atoms with Gasteiger partial charge < -0.3 is 4.90 Å². The van der Waals surface area contributed by atoms with E-state index in [2.05, 4.69) is 0 Å². The first-order valence-corrected chi connectivity index (χ1v) is 8.27. The highest BCUT2D eigenvalue weighted by molar-refractivity contribution is 6.20. The molecule has 2 heterocycles. The number of carbonyl (C=O) groups is 6. The number of imide groups is 4. The summed E-state index contributed by atoms with van der Waals surface area (Å²) in [5, 5.41) is 7.88. The molecule has 0 spiro atoms. The normalized spacial score (nSPS) is 18.5. The molecule has 8 amide bonds. The minimum absolute atomic E-state index is 0.347. The number of nitrogens with zero attached hydrogens (tertiary/aromatic N) is 1. The average Bonchev–Trinajstić information content (AvgIpc) is 2.58. The SMILES string of the molecule is CN(C)c1ccc(C(C2C(=O)NC(=O)NC2=O)C2C(=O)NC(=O)NC2=O)cc1. The summed E-state index contributed by atoms with van der Waals surface area (Å²) < 4.78 is 0. The Hall–Kier alpha value is -3.76. The number of carbonyl (C=O) groups excluding carboxylic acids is 6. The van der Waals surface area contributed by atoms with Crippen molar-refractivity contribution in [3.63, 3.8) is 0 Å². The van der Waals surface area contributed by atoms with Crippen molar-refractivity contribution in [2.75, 3.05) is 19.0 Å². The van der Waals surface area contributed by atoms with E-state index >= 15 is 0 Å². The Bertz CT molecular complexity index is 806. The van der Waals surface area contributed by atoms with Gasteiger partial charge in [0.2, 0.25) is 23.6 Å². The molecule has 11 nitrogen and oxygen atoms in total. The number of amides is 8. The molecular formula is C17H17N5O6. The van der Waals surface area contributed by atoms with Crippen LogP contribution in [0.2, 0.25) is 0 Å². The third kappa shape index (κ3) is 3.41. The molecule has 11 heteroatoms. The van der Waals surface area contributed by atoms with Crippen molar-refractivity contribution in [2.45, 2.75) is 5.92 Å². The highest BCUT2D eigenvalue weighted by Crippen LogP contribution is 2.36. The van der Waals surface area contributed by atoms with Crippen molar-refractivity contribution in [1.29, 1.82) is 0 Å². The van der Waals surface area contributed by atoms with E-state index in [-0.39, 0.29) is 0 Å². The molecule has 4 N–H and O–H groups in total. The molecule has 1 aromatic carbocycles. The van der Waals surface area contributed by atoms with Gasteiger partial charge in [-0.1, -0.05) is 12.1 Å². The van der Waals surface area contributed by atoms with Gasteiger partial charge in [-0.2, -0.15) is 0 Å². The molecule has 146 valence electrons. The lowest BCUT2D eigenvalue weighted by Gasteiger charge is -2.34. The summed E-state index contributed by atoms with van der Waals surface area (Å²) in [6.45, 7) is 0. The van der Waals surface area contributed by atoms with Crippen molar-refractivity contribution in [3.05, 3.63) is 29.8 Å². The highest BCUT2D eigenvalue weighted by atomic mass is 16.2. The second-order valence-electron chi connectivity index (χ2n) is 6.58. The molecule has 2 aliphatic heterocycles. The maximum Gasteiger partial charge on any atom is 0.328 e. The summed E-state index contributed by atoms with van der Waals surface area (Å²) in [5.74, 6) is -8.05. The summed E-state index contributed by atoms with van der Waals surface area (Å²) in [4.78, 5) is 74.2. The quantitative estimate of drug-likeness (QED) is 0.473. The highest BCUT2D eigenvalue weighted by Gasteiger charge is 2.50. The van der Waals surface area contributed by atoms with Crippen LogP contribution in [0.15, 0.2) is 24.3 Å². The van der Waals surface area contributed by atoms with Crippen LogP contribution in [0.4, 0.5) is 15.3 Å². The summed E-state index contributed by atoms with van der Waals surface area (Å²) in [6, 6.07) is 4.56. The molecule has 28 heavy (non-hydrogen) atoms. The molecule has 0 saturated carbocycles. The Morgan fingerprint density at radius 3 is 1.36 bits per heavy atom. The fourth-order valence-electron chi connectivity index (χ4n) is 3.28. The number of hydrogen-bond acceptors (Lipinski definition) is 7. The zero-order valence-electron chi connectivity index (χ0n) is 14.9. The summed E-state index contributed by atoms with van der Waals surface area (Å²) in [5.41, 5.74) is 1.16. The van der Waals surface area contributed by atoms with E-state index in [0.29, 0.717) is 5.56 Å². The smallest absolute Gasteiger partial charge is 0.328 e. The molecule has 3 rings (SSSR count). The van der Waals surface area contributed by atoms with Crippen molar-refractivity contribution in [1.82, 2.24) is 21.3 Å². The van der Waals surface area contributed by atoms with E-state index in [1.807, 2.05) is 40.3 Å². The minimum Gasteiger partial charge on any atom is -0.378 e. The van der Waals surface area contributed by atoms with Crippen molar-refractivity contribution >= 4 is 41.4 Å². The van der Waals surface area contributed by atoms with E-state index in [1.54, 1.807) is 24.3 Å². The van der Waals surface area contributed by atoms with E-state index in [1.165, 1.54) is 0 Å². The van der Waals surface area contributed by atoms with Crippen LogP contribution < -0.4 is 26.2 Å². The second-order valence-corrected chi connectivity index (χ2v) is 6.58. The number of barbiturate groups is 2. The van der Waals surface area contributed by atoms with Crippen molar-refractivity contribution in [2.24, 2.45) is 11.8 Å². The lowest BCUT2D eigenvalue weighted by molar-refractivity contribution is -0.141. The van der Waals surface area contributed by atoms with Gasteiger partial charge >= 0.3 is 12.1 Å². The summed E-state index contributed by atoms with van der Waals surface area (Å²) >= 11 is 0. The van der Waals surface area contributed by atoms with Crippen LogP contribution in [0.5, 0.6) is 0 Å². The Kier molecular flexibility index (Phi) is 4.82. The predicted molar refractivity (Wildman–Crippen MR) is 93.9 cm³/mol. The molecule has 0 aromatic heterocycles. The summed E-state index contributed by atoms with van der Waals surface area (Å²) in [7, 11) is 3.63. The molecule has 2 fully saturated rings. The topological polar surface area (TPSA) is 154 Å². The molecule has 0 aliphatic carbocycles. The maximum absolute atomic E-state index is 12.4. The van der Waals surface area contributed by atoms with Gasteiger partial charge in [0.1, 0.15) is 11.8 Å². The maximum atomic E-state index is 12.4. The Balaban J connectivity index is 2.08. The first-order chi connectivity index (χ1) is 13.2. The molecule has 0 atom stereocenters. The van der Waals surface area contributed by atoms with Gasteiger partial charge in [0.25, 0.3) is 0 Å². The fraction of sp³-hybridized carbons (Fsp3) is 0.294. The van der Waals surface area contributed by atoms with Crippen LogP contribution in [-0.2, 0) is 19.2 Å². The molecule has 0 radical (unpaired) electrons. The van der Waals surface area contributed by atoms with Gasteiger partial charge in [0.05, 0.1) is 0 Å². The number of anilines is 1. The van der Waals surface area contributed by atoms with Crippen LogP contribution in [0.25, 0.3) is 0 Å².